The normalized spacial score (nSPS) is 10.9. The largest absolute Gasteiger partial charge is 0.506 e. The molecule has 0 aromatic heterocycles. The number of para-hydroxylation sites is 2. The number of amides is 2. The summed E-state index contributed by atoms with van der Waals surface area (Å²) in [6.07, 6.45) is 0. The summed E-state index contributed by atoms with van der Waals surface area (Å²) in [6.45, 7) is 5.49. The number of aromatic hydroxyl groups is 1. The Labute approximate surface area is 135 Å². The Balaban J connectivity index is 2.06. The van der Waals surface area contributed by atoms with Crippen LogP contribution in [0.25, 0.3) is 0 Å². The molecule has 0 fully saturated rings. The third kappa shape index (κ3) is 4.32. The van der Waals surface area contributed by atoms with E-state index in [1.165, 1.54) is 6.07 Å². The minimum absolute atomic E-state index is 0.00918. The average Bonchev–Trinajstić information content (AvgIpc) is 2.49. The molecule has 5 heteroatoms. The van der Waals surface area contributed by atoms with E-state index in [4.69, 9.17) is 0 Å². The van der Waals surface area contributed by atoms with Gasteiger partial charge in [0, 0.05) is 16.7 Å². The molecule has 2 rings (SSSR count). The predicted octanol–water partition coefficient (Wildman–Crippen LogP) is 3.63. The number of benzene rings is 2. The molecule has 0 atom stereocenters. The van der Waals surface area contributed by atoms with Gasteiger partial charge in [-0.05, 0) is 36.4 Å². The van der Waals surface area contributed by atoms with Gasteiger partial charge in [0.15, 0.2) is 0 Å². The Morgan fingerprint density at radius 2 is 1.52 bits per heavy atom. The first-order valence-corrected chi connectivity index (χ1v) is 7.28. The number of anilines is 2. The second-order valence-electron chi connectivity index (χ2n) is 6.25. The minimum Gasteiger partial charge on any atom is -0.506 e. The summed E-state index contributed by atoms with van der Waals surface area (Å²) in [5.74, 6) is -0.418. The molecule has 2 aromatic carbocycles. The van der Waals surface area contributed by atoms with Gasteiger partial charge in [0.1, 0.15) is 5.75 Å². The van der Waals surface area contributed by atoms with E-state index in [9.17, 15) is 14.7 Å². The summed E-state index contributed by atoms with van der Waals surface area (Å²) in [7, 11) is 0. The molecule has 2 aromatic rings. The van der Waals surface area contributed by atoms with Crippen LogP contribution in [-0.4, -0.2) is 16.9 Å². The van der Waals surface area contributed by atoms with Gasteiger partial charge in [0.05, 0.1) is 5.69 Å². The van der Waals surface area contributed by atoms with Crippen LogP contribution >= 0.6 is 0 Å². The fourth-order valence-electron chi connectivity index (χ4n) is 1.80. The topological polar surface area (TPSA) is 78.4 Å². The van der Waals surface area contributed by atoms with Gasteiger partial charge in [-0.15, -0.1) is 0 Å². The zero-order chi connectivity index (χ0) is 17.0. The van der Waals surface area contributed by atoms with Crippen molar-refractivity contribution in [3.63, 3.8) is 0 Å². The molecule has 0 saturated heterocycles. The van der Waals surface area contributed by atoms with Crippen LogP contribution in [0.2, 0.25) is 0 Å². The molecule has 2 amide bonds. The van der Waals surface area contributed by atoms with Crippen molar-refractivity contribution in [3.05, 3.63) is 54.1 Å². The van der Waals surface area contributed by atoms with E-state index in [2.05, 4.69) is 10.6 Å². The van der Waals surface area contributed by atoms with Gasteiger partial charge in [0.25, 0.3) is 5.91 Å². The van der Waals surface area contributed by atoms with Crippen molar-refractivity contribution < 1.29 is 14.7 Å². The SMILES string of the molecule is CC(C)(C)C(=O)Nc1ccc(C(=O)Nc2ccccc2O)cc1. The lowest BCUT2D eigenvalue weighted by Gasteiger charge is -2.17. The smallest absolute Gasteiger partial charge is 0.255 e. The van der Waals surface area contributed by atoms with Gasteiger partial charge >= 0.3 is 0 Å². The highest BCUT2D eigenvalue weighted by Crippen LogP contribution is 2.23. The zero-order valence-electron chi connectivity index (χ0n) is 13.4. The molecule has 0 saturated carbocycles. The molecule has 120 valence electrons. The van der Waals surface area contributed by atoms with E-state index in [0.717, 1.165) is 0 Å². The molecule has 0 aliphatic carbocycles. The molecule has 0 bridgehead atoms. The first-order chi connectivity index (χ1) is 10.8. The lowest BCUT2D eigenvalue weighted by Crippen LogP contribution is -2.27. The molecule has 0 heterocycles. The maximum Gasteiger partial charge on any atom is 0.255 e. The molecular formula is C18H20N2O3. The van der Waals surface area contributed by atoms with Crippen molar-refractivity contribution in [1.29, 1.82) is 0 Å². The van der Waals surface area contributed by atoms with E-state index in [-0.39, 0.29) is 17.6 Å². The van der Waals surface area contributed by atoms with Crippen LogP contribution in [0.4, 0.5) is 11.4 Å². The third-order valence-electron chi connectivity index (χ3n) is 3.24. The molecule has 3 N–H and O–H groups in total. The van der Waals surface area contributed by atoms with Crippen LogP contribution in [0.1, 0.15) is 31.1 Å². The van der Waals surface area contributed by atoms with Crippen molar-refractivity contribution in [2.75, 3.05) is 10.6 Å². The second kappa shape index (κ2) is 6.52. The van der Waals surface area contributed by atoms with Crippen molar-refractivity contribution >= 4 is 23.2 Å². The highest BCUT2D eigenvalue weighted by Gasteiger charge is 2.21. The van der Waals surface area contributed by atoms with E-state index in [1.54, 1.807) is 42.5 Å². The van der Waals surface area contributed by atoms with Crippen LogP contribution in [-0.2, 0) is 4.79 Å². The quantitative estimate of drug-likeness (QED) is 0.757. The molecule has 0 radical (unpaired) electrons. The lowest BCUT2D eigenvalue weighted by atomic mass is 9.95. The van der Waals surface area contributed by atoms with Crippen molar-refractivity contribution in [2.45, 2.75) is 20.8 Å². The molecule has 23 heavy (non-hydrogen) atoms. The first kappa shape index (κ1) is 16.5. The monoisotopic (exact) mass is 312 g/mol. The van der Waals surface area contributed by atoms with Gasteiger partial charge in [-0.25, -0.2) is 0 Å². The molecular weight excluding hydrogens is 292 g/mol. The summed E-state index contributed by atoms with van der Waals surface area (Å²) >= 11 is 0. The van der Waals surface area contributed by atoms with Crippen LogP contribution in [0.15, 0.2) is 48.5 Å². The number of rotatable bonds is 3. The molecule has 0 aliphatic heterocycles. The number of phenols is 1. The number of hydrogen-bond acceptors (Lipinski definition) is 3. The van der Waals surface area contributed by atoms with Crippen molar-refractivity contribution in [2.24, 2.45) is 5.41 Å². The fourth-order valence-corrected chi connectivity index (χ4v) is 1.80. The maximum atomic E-state index is 12.1. The van der Waals surface area contributed by atoms with Gasteiger partial charge in [-0.1, -0.05) is 32.9 Å². The van der Waals surface area contributed by atoms with Crippen LogP contribution in [0.3, 0.4) is 0 Å². The Morgan fingerprint density at radius 1 is 0.913 bits per heavy atom. The number of nitrogens with one attached hydrogen (secondary N) is 2. The van der Waals surface area contributed by atoms with Crippen LogP contribution in [0, 0.1) is 5.41 Å². The van der Waals surface area contributed by atoms with Gasteiger partial charge in [0.2, 0.25) is 5.91 Å². The van der Waals surface area contributed by atoms with E-state index in [0.29, 0.717) is 16.9 Å². The highest BCUT2D eigenvalue weighted by molar-refractivity contribution is 6.05. The summed E-state index contributed by atoms with van der Waals surface area (Å²) in [5, 5.41) is 15.1. The molecule has 5 nitrogen and oxygen atoms in total. The Bertz CT molecular complexity index is 716. The highest BCUT2D eigenvalue weighted by atomic mass is 16.3. The summed E-state index contributed by atoms with van der Waals surface area (Å²) < 4.78 is 0. The third-order valence-corrected chi connectivity index (χ3v) is 3.24. The molecule has 0 aliphatic rings. The standard InChI is InChI=1S/C18H20N2O3/c1-18(2,3)17(23)19-13-10-8-12(9-11-13)16(22)20-14-6-4-5-7-15(14)21/h4-11,21H,1-3H3,(H,19,23)(H,20,22). The number of carbonyl (C=O) groups is 2. The molecule has 0 spiro atoms. The molecule has 0 unspecified atom stereocenters. The lowest BCUT2D eigenvalue weighted by molar-refractivity contribution is -0.123. The summed E-state index contributed by atoms with van der Waals surface area (Å²) in [5.41, 5.74) is 0.926. The Kier molecular flexibility index (Phi) is 4.69. The minimum atomic E-state index is -0.485. The number of hydrogen-bond donors (Lipinski definition) is 3. The van der Waals surface area contributed by atoms with E-state index >= 15 is 0 Å². The zero-order valence-corrected chi connectivity index (χ0v) is 13.4. The summed E-state index contributed by atoms with van der Waals surface area (Å²) in [4.78, 5) is 24.1. The number of phenolic OH excluding ortho intramolecular Hbond substituents is 1. The Hall–Kier alpha value is -2.82. The maximum absolute atomic E-state index is 12.1. The van der Waals surface area contributed by atoms with Crippen molar-refractivity contribution in [3.8, 4) is 5.75 Å². The summed E-state index contributed by atoms with van der Waals surface area (Å²) in [6, 6.07) is 13.1. The van der Waals surface area contributed by atoms with Gasteiger partial charge in [-0.3, -0.25) is 9.59 Å². The van der Waals surface area contributed by atoms with E-state index in [1.807, 2.05) is 20.8 Å². The van der Waals surface area contributed by atoms with Crippen LogP contribution in [0.5, 0.6) is 5.75 Å². The van der Waals surface area contributed by atoms with Gasteiger partial charge < -0.3 is 15.7 Å². The second-order valence-corrected chi connectivity index (χ2v) is 6.25. The predicted molar refractivity (Wildman–Crippen MR) is 90.6 cm³/mol. The Morgan fingerprint density at radius 3 is 2.09 bits per heavy atom. The van der Waals surface area contributed by atoms with Gasteiger partial charge in [-0.2, -0.15) is 0 Å². The average molecular weight is 312 g/mol. The first-order valence-electron chi connectivity index (χ1n) is 7.28. The fraction of sp³-hybridized carbons (Fsp3) is 0.222. The number of carbonyl (C=O) groups excluding carboxylic acids is 2. The van der Waals surface area contributed by atoms with Crippen molar-refractivity contribution in [1.82, 2.24) is 0 Å². The van der Waals surface area contributed by atoms with E-state index < -0.39 is 5.41 Å². The van der Waals surface area contributed by atoms with Crippen LogP contribution < -0.4 is 10.6 Å².